The fraction of sp³-hybridized carbons (Fsp3) is 0.308. The second-order valence-electron chi connectivity index (χ2n) is 3.86. The lowest BCUT2D eigenvalue weighted by Crippen LogP contribution is -1.98. The Labute approximate surface area is 105 Å². The molecule has 0 saturated carbocycles. The predicted octanol–water partition coefficient (Wildman–Crippen LogP) is 2.91. The monoisotopic (exact) mass is 249 g/mol. The number of hydrogen-bond acceptors (Lipinski definition) is 4. The number of nitrogens with zero attached hydrogens (tertiary/aromatic N) is 1. The molecule has 0 fully saturated rings. The van der Waals surface area contributed by atoms with Gasteiger partial charge in [0.15, 0.2) is 0 Å². The Morgan fingerprint density at radius 1 is 1.41 bits per heavy atom. The number of aromatic nitrogens is 1. The van der Waals surface area contributed by atoms with Crippen molar-refractivity contribution in [2.45, 2.75) is 12.8 Å². The second-order valence-corrected chi connectivity index (χ2v) is 4.72. The quantitative estimate of drug-likeness (QED) is 0.906. The van der Waals surface area contributed by atoms with Gasteiger partial charge in [-0.3, -0.25) is 0 Å². The van der Waals surface area contributed by atoms with Crippen LogP contribution in [0.25, 0.3) is 10.6 Å². The van der Waals surface area contributed by atoms with E-state index in [1.165, 1.54) is 0 Å². The summed E-state index contributed by atoms with van der Waals surface area (Å²) in [6.45, 7) is 2.08. The molecule has 1 N–H and O–H groups in total. The molecule has 17 heavy (non-hydrogen) atoms. The first-order valence-corrected chi connectivity index (χ1v) is 6.34. The average molecular weight is 249 g/mol. The minimum absolute atomic E-state index is 0.0784. The summed E-state index contributed by atoms with van der Waals surface area (Å²) < 4.78 is 5.31. The molecule has 1 atom stereocenters. The lowest BCUT2D eigenvalue weighted by Gasteiger charge is -2.05. The Morgan fingerprint density at radius 3 is 2.88 bits per heavy atom. The van der Waals surface area contributed by atoms with Crippen molar-refractivity contribution >= 4 is 11.3 Å². The third-order valence-electron chi connectivity index (χ3n) is 2.64. The Bertz CT molecular complexity index is 496. The van der Waals surface area contributed by atoms with Crippen molar-refractivity contribution in [2.75, 3.05) is 13.7 Å². The first-order valence-electron chi connectivity index (χ1n) is 5.46. The molecule has 0 radical (unpaired) electrons. The largest absolute Gasteiger partial charge is 0.496 e. The number of hydrogen-bond donors (Lipinski definition) is 1. The van der Waals surface area contributed by atoms with Crippen molar-refractivity contribution in [3.63, 3.8) is 0 Å². The van der Waals surface area contributed by atoms with E-state index >= 15 is 0 Å². The van der Waals surface area contributed by atoms with Gasteiger partial charge in [-0.05, 0) is 12.1 Å². The van der Waals surface area contributed by atoms with Crippen LogP contribution in [0.15, 0.2) is 29.6 Å². The lowest BCUT2D eigenvalue weighted by molar-refractivity contribution is 0.271. The molecule has 1 aromatic carbocycles. The zero-order chi connectivity index (χ0) is 12.3. The van der Waals surface area contributed by atoms with Crippen molar-refractivity contribution in [1.29, 1.82) is 0 Å². The van der Waals surface area contributed by atoms with E-state index in [1.54, 1.807) is 18.4 Å². The first kappa shape index (κ1) is 12.1. The summed E-state index contributed by atoms with van der Waals surface area (Å²) in [5.74, 6) is 0.903. The van der Waals surface area contributed by atoms with Crippen LogP contribution in [0.1, 0.15) is 18.5 Å². The summed E-state index contributed by atoms with van der Waals surface area (Å²) >= 11 is 1.57. The maximum atomic E-state index is 9.11. The second kappa shape index (κ2) is 5.29. The Morgan fingerprint density at radius 2 is 2.18 bits per heavy atom. The Kier molecular flexibility index (Phi) is 3.76. The van der Waals surface area contributed by atoms with Gasteiger partial charge in [0.05, 0.1) is 25.0 Å². The maximum Gasteiger partial charge on any atom is 0.129 e. The molecule has 0 bridgehead atoms. The van der Waals surface area contributed by atoms with Crippen LogP contribution in [-0.2, 0) is 0 Å². The highest BCUT2D eigenvalue weighted by molar-refractivity contribution is 7.13. The van der Waals surface area contributed by atoms with Crippen molar-refractivity contribution < 1.29 is 9.84 Å². The van der Waals surface area contributed by atoms with Crippen LogP contribution in [0.4, 0.5) is 0 Å². The minimum Gasteiger partial charge on any atom is -0.496 e. The lowest BCUT2D eigenvalue weighted by atomic mass is 10.1. The van der Waals surface area contributed by atoms with E-state index in [0.717, 1.165) is 22.0 Å². The maximum absolute atomic E-state index is 9.11. The molecule has 4 heteroatoms. The summed E-state index contributed by atoms with van der Waals surface area (Å²) in [4.78, 5) is 4.54. The fourth-order valence-corrected chi connectivity index (χ4v) is 2.52. The van der Waals surface area contributed by atoms with Crippen LogP contribution in [0.3, 0.4) is 0 Å². The number of aliphatic hydroxyl groups is 1. The smallest absolute Gasteiger partial charge is 0.129 e. The summed E-state index contributed by atoms with van der Waals surface area (Å²) in [7, 11) is 1.66. The molecule has 2 aromatic rings. The summed E-state index contributed by atoms with van der Waals surface area (Å²) in [5.41, 5.74) is 1.93. The van der Waals surface area contributed by atoms with Gasteiger partial charge in [0.25, 0.3) is 0 Å². The van der Waals surface area contributed by atoms with E-state index in [-0.39, 0.29) is 12.5 Å². The average Bonchev–Trinajstić information content (AvgIpc) is 2.87. The van der Waals surface area contributed by atoms with E-state index in [4.69, 9.17) is 9.84 Å². The molecular formula is C13H15NO2S. The van der Waals surface area contributed by atoms with Crippen LogP contribution in [-0.4, -0.2) is 23.8 Å². The zero-order valence-electron chi connectivity index (χ0n) is 9.88. The highest BCUT2D eigenvalue weighted by Gasteiger charge is 2.12. The highest BCUT2D eigenvalue weighted by Crippen LogP contribution is 2.33. The van der Waals surface area contributed by atoms with E-state index in [2.05, 4.69) is 4.98 Å². The third-order valence-corrected chi connectivity index (χ3v) is 3.53. The number of ether oxygens (including phenoxy) is 1. The van der Waals surface area contributed by atoms with Crippen LogP contribution in [0.5, 0.6) is 5.75 Å². The van der Waals surface area contributed by atoms with E-state index in [0.29, 0.717) is 0 Å². The predicted molar refractivity (Wildman–Crippen MR) is 69.6 cm³/mol. The molecule has 0 amide bonds. The van der Waals surface area contributed by atoms with Gasteiger partial charge >= 0.3 is 0 Å². The fourth-order valence-electron chi connectivity index (χ4n) is 1.55. The van der Waals surface area contributed by atoms with Crippen LogP contribution >= 0.6 is 11.3 Å². The van der Waals surface area contributed by atoms with Gasteiger partial charge in [0.1, 0.15) is 10.8 Å². The number of para-hydroxylation sites is 1. The van der Waals surface area contributed by atoms with Crippen LogP contribution in [0.2, 0.25) is 0 Å². The molecule has 0 aliphatic carbocycles. The van der Waals surface area contributed by atoms with Gasteiger partial charge in [-0.2, -0.15) is 0 Å². The van der Waals surface area contributed by atoms with Crippen molar-refractivity contribution in [1.82, 2.24) is 4.98 Å². The highest BCUT2D eigenvalue weighted by atomic mass is 32.1. The molecule has 1 heterocycles. The van der Waals surface area contributed by atoms with Gasteiger partial charge in [0, 0.05) is 11.3 Å². The van der Waals surface area contributed by atoms with Gasteiger partial charge in [0.2, 0.25) is 0 Å². The number of aliphatic hydroxyl groups excluding tert-OH is 1. The molecule has 0 saturated heterocycles. The first-order chi connectivity index (χ1) is 8.26. The van der Waals surface area contributed by atoms with Gasteiger partial charge < -0.3 is 9.84 Å². The van der Waals surface area contributed by atoms with Crippen LogP contribution in [0, 0.1) is 0 Å². The Balaban J connectivity index is 2.37. The zero-order valence-corrected chi connectivity index (χ0v) is 10.7. The summed E-state index contributed by atoms with van der Waals surface area (Å²) in [6.07, 6.45) is 0. The summed E-state index contributed by atoms with van der Waals surface area (Å²) in [5, 5.41) is 12.0. The molecule has 90 valence electrons. The standard InChI is InChI=1S/C13H15NO2S/c1-9(7-15)11-8-17-13(14-11)10-5-3-4-6-12(10)16-2/h3-6,8-9,15H,7H2,1-2H3. The normalized spacial score (nSPS) is 12.4. The molecule has 0 spiro atoms. The number of benzene rings is 1. The van der Waals surface area contributed by atoms with Crippen molar-refractivity contribution in [3.8, 4) is 16.3 Å². The SMILES string of the molecule is COc1ccccc1-c1nc(C(C)CO)cs1. The molecule has 0 aliphatic rings. The molecule has 1 aromatic heterocycles. The van der Waals surface area contributed by atoms with Gasteiger partial charge in [-0.15, -0.1) is 11.3 Å². The minimum atomic E-state index is 0.0784. The van der Waals surface area contributed by atoms with E-state index < -0.39 is 0 Å². The topological polar surface area (TPSA) is 42.4 Å². The molecule has 0 aliphatic heterocycles. The Hall–Kier alpha value is -1.39. The molecule has 2 rings (SSSR count). The van der Waals surface area contributed by atoms with Gasteiger partial charge in [-0.1, -0.05) is 19.1 Å². The van der Waals surface area contributed by atoms with E-state index in [1.807, 2.05) is 36.6 Å². The van der Waals surface area contributed by atoms with E-state index in [9.17, 15) is 0 Å². The molecule has 3 nitrogen and oxygen atoms in total. The van der Waals surface area contributed by atoms with Crippen LogP contribution < -0.4 is 4.74 Å². The number of methoxy groups -OCH3 is 1. The number of rotatable bonds is 4. The van der Waals surface area contributed by atoms with Gasteiger partial charge in [-0.25, -0.2) is 4.98 Å². The van der Waals surface area contributed by atoms with Crippen molar-refractivity contribution in [3.05, 3.63) is 35.3 Å². The summed E-state index contributed by atoms with van der Waals surface area (Å²) in [6, 6.07) is 7.82. The molecule has 1 unspecified atom stereocenters. The van der Waals surface area contributed by atoms with Crippen molar-refractivity contribution in [2.24, 2.45) is 0 Å². The number of thiazole rings is 1. The molecular weight excluding hydrogens is 234 g/mol. The third kappa shape index (κ3) is 2.48.